The fourth-order valence-electron chi connectivity index (χ4n) is 3.23. The molecule has 2 N–H and O–H groups in total. The number of aromatic nitrogens is 3. The van der Waals surface area contributed by atoms with Crippen molar-refractivity contribution in [3.8, 4) is 11.3 Å². The van der Waals surface area contributed by atoms with Gasteiger partial charge in [0, 0.05) is 19.7 Å². The molecule has 1 aliphatic carbocycles. The van der Waals surface area contributed by atoms with Crippen LogP contribution < -0.4 is 10.6 Å². The lowest BCUT2D eigenvalue weighted by atomic mass is 9.93. The molecular weight excluding hydrogens is 238 g/mol. The van der Waals surface area contributed by atoms with E-state index in [1.54, 1.807) is 4.80 Å². The van der Waals surface area contributed by atoms with E-state index in [-0.39, 0.29) is 0 Å². The number of fused-ring (bicyclic) bond motifs is 3. The van der Waals surface area contributed by atoms with E-state index in [0.29, 0.717) is 12.0 Å². The van der Waals surface area contributed by atoms with Gasteiger partial charge in [0.05, 0.1) is 17.4 Å². The van der Waals surface area contributed by atoms with Gasteiger partial charge in [-0.1, -0.05) is 12.1 Å². The molecule has 4 rings (SSSR count). The first-order valence-corrected chi connectivity index (χ1v) is 6.69. The topological polar surface area (TPSA) is 60.0 Å². The van der Waals surface area contributed by atoms with Gasteiger partial charge in [0.25, 0.3) is 0 Å². The number of hydrogen-bond acceptors (Lipinski definition) is 4. The van der Waals surface area contributed by atoms with Crippen molar-refractivity contribution in [2.75, 3.05) is 17.7 Å². The van der Waals surface area contributed by atoms with Gasteiger partial charge in [-0.05, 0) is 24.8 Å². The SMILES string of the molecule is CN1c2c(N)cccc2-c2nn(C)nc2C1C1CC1. The van der Waals surface area contributed by atoms with Crippen LogP contribution in [0, 0.1) is 5.92 Å². The molecule has 5 nitrogen and oxygen atoms in total. The Morgan fingerprint density at radius 3 is 2.74 bits per heavy atom. The van der Waals surface area contributed by atoms with Gasteiger partial charge < -0.3 is 10.6 Å². The van der Waals surface area contributed by atoms with Crippen molar-refractivity contribution in [2.45, 2.75) is 18.9 Å². The Morgan fingerprint density at radius 2 is 2.00 bits per heavy atom. The summed E-state index contributed by atoms with van der Waals surface area (Å²) in [4.78, 5) is 3.96. The summed E-state index contributed by atoms with van der Waals surface area (Å²) in [5.74, 6) is 0.688. The predicted octanol–water partition coefficient (Wildman–Crippen LogP) is 1.97. The molecule has 98 valence electrons. The molecule has 2 aromatic rings. The smallest absolute Gasteiger partial charge is 0.120 e. The van der Waals surface area contributed by atoms with Gasteiger partial charge in [0.2, 0.25) is 0 Å². The van der Waals surface area contributed by atoms with E-state index < -0.39 is 0 Å². The lowest BCUT2D eigenvalue weighted by molar-refractivity contribution is 0.556. The van der Waals surface area contributed by atoms with Crippen LogP contribution in [-0.2, 0) is 7.05 Å². The Morgan fingerprint density at radius 1 is 1.21 bits per heavy atom. The minimum Gasteiger partial charge on any atom is -0.397 e. The zero-order valence-corrected chi connectivity index (χ0v) is 11.2. The van der Waals surface area contributed by atoms with Crippen molar-refractivity contribution in [1.82, 2.24) is 15.0 Å². The Kier molecular flexibility index (Phi) is 2.00. The van der Waals surface area contributed by atoms with Crippen LogP contribution in [0.1, 0.15) is 24.6 Å². The monoisotopic (exact) mass is 255 g/mol. The van der Waals surface area contributed by atoms with Gasteiger partial charge in [-0.2, -0.15) is 15.0 Å². The highest BCUT2D eigenvalue weighted by Gasteiger charge is 2.42. The van der Waals surface area contributed by atoms with Crippen LogP contribution in [0.4, 0.5) is 11.4 Å². The molecule has 1 atom stereocenters. The van der Waals surface area contributed by atoms with Crippen molar-refractivity contribution in [3.63, 3.8) is 0 Å². The molecule has 2 heterocycles. The number of para-hydroxylation sites is 1. The number of hydrogen-bond donors (Lipinski definition) is 1. The molecular formula is C14H17N5. The van der Waals surface area contributed by atoms with Crippen LogP contribution in [0.15, 0.2) is 18.2 Å². The number of benzene rings is 1. The summed E-state index contributed by atoms with van der Waals surface area (Å²) in [5.41, 5.74) is 11.3. The van der Waals surface area contributed by atoms with Gasteiger partial charge >= 0.3 is 0 Å². The molecule has 5 heteroatoms. The van der Waals surface area contributed by atoms with E-state index in [0.717, 1.165) is 28.3 Å². The van der Waals surface area contributed by atoms with Gasteiger partial charge in [0.1, 0.15) is 11.4 Å². The van der Waals surface area contributed by atoms with Crippen molar-refractivity contribution >= 4 is 11.4 Å². The van der Waals surface area contributed by atoms with Crippen molar-refractivity contribution in [3.05, 3.63) is 23.9 Å². The standard InChI is InChI=1S/C14H17N5/c1-18-13(8-6-7-8)12-11(16-19(2)17-12)9-4-3-5-10(15)14(9)18/h3-5,8,13H,6-7,15H2,1-2H3. The second-order valence-corrected chi connectivity index (χ2v) is 5.56. The molecule has 0 saturated heterocycles. The average Bonchev–Trinajstić information content (AvgIpc) is 3.11. The zero-order valence-electron chi connectivity index (χ0n) is 11.2. The minimum atomic E-state index is 0.320. The summed E-state index contributed by atoms with van der Waals surface area (Å²) in [6, 6.07) is 6.35. The lowest BCUT2D eigenvalue weighted by Gasteiger charge is -2.35. The van der Waals surface area contributed by atoms with Crippen LogP contribution in [0.25, 0.3) is 11.3 Å². The summed E-state index contributed by atoms with van der Waals surface area (Å²) in [6.07, 6.45) is 2.54. The van der Waals surface area contributed by atoms with Gasteiger partial charge in [-0.3, -0.25) is 0 Å². The largest absolute Gasteiger partial charge is 0.397 e. The molecule has 0 amide bonds. The maximum Gasteiger partial charge on any atom is 0.120 e. The van der Waals surface area contributed by atoms with Crippen LogP contribution in [0.3, 0.4) is 0 Å². The zero-order chi connectivity index (χ0) is 13.1. The second kappa shape index (κ2) is 3.50. The molecule has 0 bridgehead atoms. The van der Waals surface area contributed by atoms with Gasteiger partial charge in [-0.25, -0.2) is 0 Å². The number of nitrogens with two attached hydrogens (primary N) is 1. The van der Waals surface area contributed by atoms with E-state index >= 15 is 0 Å². The molecule has 19 heavy (non-hydrogen) atoms. The van der Waals surface area contributed by atoms with E-state index in [2.05, 4.69) is 28.2 Å². The van der Waals surface area contributed by atoms with Crippen LogP contribution in [0.5, 0.6) is 0 Å². The van der Waals surface area contributed by atoms with Crippen molar-refractivity contribution in [1.29, 1.82) is 0 Å². The van der Waals surface area contributed by atoms with E-state index in [9.17, 15) is 0 Å². The lowest BCUT2D eigenvalue weighted by Crippen LogP contribution is -2.30. The van der Waals surface area contributed by atoms with Crippen LogP contribution in [-0.4, -0.2) is 22.0 Å². The maximum absolute atomic E-state index is 6.18. The number of nitrogens with zero attached hydrogens (tertiary/aromatic N) is 4. The Hall–Kier alpha value is -2.04. The summed E-state index contributed by atoms with van der Waals surface area (Å²) >= 11 is 0. The number of nitrogen functional groups attached to an aromatic ring is 1. The third-order valence-corrected chi connectivity index (χ3v) is 4.18. The Balaban J connectivity index is 2.00. The van der Waals surface area contributed by atoms with Gasteiger partial charge in [0.15, 0.2) is 0 Å². The number of anilines is 2. The second-order valence-electron chi connectivity index (χ2n) is 5.56. The molecule has 1 aromatic carbocycles. The van der Waals surface area contributed by atoms with E-state index in [1.807, 2.05) is 19.2 Å². The molecule has 1 fully saturated rings. The molecule has 1 saturated carbocycles. The number of rotatable bonds is 1. The molecule has 0 spiro atoms. The van der Waals surface area contributed by atoms with Gasteiger partial charge in [-0.15, -0.1) is 0 Å². The van der Waals surface area contributed by atoms with Crippen molar-refractivity contribution in [2.24, 2.45) is 13.0 Å². The molecule has 0 radical (unpaired) electrons. The highest BCUT2D eigenvalue weighted by atomic mass is 15.5. The minimum absolute atomic E-state index is 0.320. The third-order valence-electron chi connectivity index (χ3n) is 4.18. The third kappa shape index (κ3) is 1.41. The summed E-state index contributed by atoms with van der Waals surface area (Å²) in [6.45, 7) is 0. The van der Waals surface area contributed by atoms with Crippen molar-refractivity contribution < 1.29 is 0 Å². The highest BCUT2D eigenvalue weighted by Crippen LogP contribution is 2.52. The molecule has 1 unspecified atom stereocenters. The predicted molar refractivity (Wildman–Crippen MR) is 74.7 cm³/mol. The fourth-order valence-corrected chi connectivity index (χ4v) is 3.23. The first-order chi connectivity index (χ1) is 9.16. The average molecular weight is 255 g/mol. The first kappa shape index (κ1) is 10.8. The highest BCUT2D eigenvalue weighted by molar-refractivity contribution is 5.89. The molecule has 1 aromatic heterocycles. The Labute approximate surface area is 112 Å². The Bertz CT molecular complexity index is 656. The van der Waals surface area contributed by atoms with E-state index in [1.165, 1.54) is 12.8 Å². The van der Waals surface area contributed by atoms with Crippen LogP contribution >= 0.6 is 0 Å². The summed E-state index contributed by atoms with van der Waals surface area (Å²) in [5, 5.41) is 9.15. The van der Waals surface area contributed by atoms with E-state index in [4.69, 9.17) is 5.73 Å². The molecule has 1 aliphatic heterocycles. The number of aryl methyl sites for hydroxylation is 1. The summed E-state index contributed by atoms with van der Waals surface area (Å²) < 4.78 is 0. The molecule has 2 aliphatic rings. The quantitative estimate of drug-likeness (QED) is 0.791. The van der Waals surface area contributed by atoms with Crippen LogP contribution in [0.2, 0.25) is 0 Å². The fraction of sp³-hybridized carbons (Fsp3) is 0.429. The maximum atomic E-state index is 6.18. The summed E-state index contributed by atoms with van der Waals surface area (Å²) in [7, 11) is 4.00. The first-order valence-electron chi connectivity index (χ1n) is 6.69. The normalized spacial score (nSPS) is 21.2.